The molecule has 0 aliphatic rings. The number of alkyl halides is 1. The Bertz CT molecular complexity index is 211. The second-order valence-corrected chi connectivity index (χ2v) is 5.27. The normalized spacial score (nSPS) is 10.6. The molecule has 1 N–H and O–H groups in total. The largest absolute Gasteiger partial charge is 0.313 e. The third-order valence-corrected chi connectivity index (χ3v) is 3.64. The molecule has 1 aromatic heterocycles. The Kier molecular flexibility index (Phi) is 7.72. The Morgan fingerprint density at radius 3 is 2.79 bits per heavy atom. The summed E-state index contributed by atoms with van der Waals surface area (Å²) in [5.74, 6) is 0. The topological polar surface area (TPSA) is 12.0 Å². The van der Waals surface area contributed by atoms with E-state index in [-0.39, 0.29) is 0 Å². The summed E-state index contributed by atoms with van der Waals surface area (Å²) in [6.07, 6.45) is 5.47. The van der Waals surface area contributed by atoms with Gasteiger partial charge in [-0.05, 0) is 46.2 Å². The van der Waals surface area contributed by atoms with Crippen LogP contribution in [0, 0.1) is 0 Å². The molecule has 1 aromatic rings. The Morgan fingerprint density at radius 1 is 1.21 bits per heavy atom. The third kappa shape index (κ3) is 5.98. The molecule has 0 spiro atoms. The summed E-state index contributed by atoms with van der Waals surface area (Å²) < 4.78 is 1.31. The van der Waals surface area contributed by atoms with E-state index in [1.807, 2.05) is 0 Å². The van der Waals surface area contributed by atoms with E-state index in [1.54, 1.807) is 11.3 Å². The molecule has 0 radical (unpaired) electrons. The van der Waals surface area contributed by atoms with Crippen molar-refractivity contribution < 1.29 is 0 Å². The van der Waals surface area contributed by atoms with Crippen LogP contribution < -0.4 is 5.32 Å². The first-order chi connectivity index (χ1) is 6.93. The highest BCUT2D eigenvalue weighted by Gasteiger charge is 1.92. The summed E-state index contributed by atoms with van der Waals surface area (Å²) in [5.41, 5.74) is 1.42. The maximum Gasteiger partial charge on any atom is 0.0213 e. The van der Waals surface area contributed by atoms with Crippen LogP contribution in [0.15, 0.2) is 16.8 Å². The third-order valence-electron chi connectivity index (χ3n) is 2.15. The van der Waals surface area contributed by atoms with Crippen molar-refractivity contribution in [2.75, 3.05) is 11.0 Å². The van der Waals surface area contributed by atoms with Crippen LogP contribution in [0.4, 0.5) is 0 Å². The van der Waals surface area contributed by atoms with E-state index in [0.717, 1.165) is 13.1 Å². The highest BCUT2D eigenvalue weighted by molar-refractivity contribution is 14.1. The van der Waals surface area contributed by atoms with E-state index in [0.29, 0.717) is 0 Å². The number of hydrogen-bond donors (Lipinski definition) is 1. The van der Waals surface area contributed by atoms with Gasteiger partial charge in [-0.2, -0.15) is 11.3 Å². The van der Waals surface area contributed by atoms with Gasteiger partial charge in [-0.3, -0.25) is 0 Å². The van der Waals surface area contributed by atoms with Crippen molar-refractivity contribution >= 4 is 33.9 Å². The molecular weight excluding hydrogens is 305 g/mol. The van der Waals surface area contributed by atoms with Gasteiger partial charge in [-0.1, -0.05) is 35.4 Å². The Morgan fingerprint density at radius 2 is 2.07 bits per heavy atom. The first-order valence-electron chi connectivity index (χ1n) is 5.21. The first kappa shape index (κ1) is 12.5. The van der Waals surface area contributed by atoms with E-state index in [1.165, 1.54) is 35.7 Å². The van der Waals surface area contributed by atoms with E-state index in [9.17, 15) is 0 Å². The van der Waals surface area contributed by atoms with Crippen LogP contribution in [0.25, 0.3) is 0 Å². The Hall–Kier alpha value is 0.390. The van der Waals surface area contributed by atoms with Crippen LogP contribution in [-0.2, 0) is 6.54 Å². The van der Waals surface area contributed by atoms with Crippen molar-refractivity contribution in [3.8, 4) is 0 Å². The monoisotopic (exact) mass is 323 g/mol. The number of rotatable bonds is 8. The van der Waals surface area contributed by atoms with Gasteiger partial charge in [-0.25, -0.2) is 0 Å². The van der Waals surface area contributed by atoms with Crippen LogP contribution in [0.5, 0.6) is 0 Å². The molecule has 1 nitrogen and oxygen atoms in total. The molecular formula is C11H18INS. The molecule has 14 heavy (non-hydrogen) atoms. The van der Waals surface area contributed by atoms with Gasteiger partial charge in [0, 0.05) is 6.54 Å². The average molecular weight is 323 g/mol. The van der Waals surface area contributed by atoms with Gasteiger partial charge >= 0.3 is 0 Å². The minimum absolute atomic E-state index is 1.04. The molecule has 80 valence electrons. The van der Waals surface area contributed by atoms with Crippen molar-refractivity contribution in [3.63, 3.8) is 0 Å². The van der Waals surface area contributed by atoms with Gasteiger partial charge in [0.2, 0.25) is 0 Å². The number of thiophene rings is 1. The molecule has 1 heterocycles. The van der Waals surface area contributed by atoms with Crippen LogP contribution in [0.1, 0.15) is 31.2 Å². The van der Waals surface area contributed by atoms with Crippen LogP contribution in [0.3, 0.4) is 0 Å². The van der Waals surface area contributed by atoms with Crippen LogP contribution >= 0.6 is 33.9 Å². The summed E-state index contributed by atoms with van der Waals surface area (Å²) in [5, 5.41) is 7.82. The second kappa shape index (κ2) is 8.68. The van der Waals surface area contributed by atoms with Gasteiger partial charge in [0.25, 0.3) is 0 Å². The molecule has 0 atom stereocenters. The van der Waals surface area contributed by atoms with Crippen LogP contribution in [0.2, 0.25) is 0 Å². The lowest BCUT2D eigenvalue weighted by molar-refractivity contribution is 0.601. The van der Waals surface area contributed by atoms with E-state index >= 15 is 0 Å². The lowest BCUT2D eigenvalue weighted by atomic mass is 10.2. The summed E-state index contributed by atoms with van der Waals surface area (Å²) >= 11 is 4.22. The maximum absolute atomic E-state index is 3.47. The molecule has 0 aliphatic carbocycles. The maximum atomic E-state index is 3.47. The predicted molar refractivity (Wildman–Crippen MR) is 73.4 cm³/mol. The summed E-state index contributed by atoms with van der Waals surface area (Å²) in [4.78, 5) is 0. The van der Waals surface area contributed by atoms with Gasteiger partial charge in [0.1, 0.15) is 0 Å². The fraction of sp³-hybridized carbons (Fsp3) is 0.636. The second-order valence-electron chi connectivity index (χ2n) is 3.41. The van der Waals surface area contributed by atoms with Crippen molar-refractivity contribution in [1.82, 2.24) is 5.32 Å². The number of hydrogen-bond acceptors (Lipinski definition) is 2. The molecule has 0 saturated carbocycles. The van der Waals surface area contributed by atoms with Gasteiger partial charge < -0.3 is 5.32 Å². The summed E-state index contributed by atoms with van der Waals surface area (Å²) in [6, 6.07) is 2.19. The Balaban J connectivity index is 1.85. The van der Waals surface area contributed by atoms with E-state index in [4.69, 9.17) is 0 Å². The molecule has 1 rings (SSSR count). The van der Waals surface area contributed by atoms with Crippen molar-refractivity contribution in [1.29, 1.82) is 0 Å². The summed E-state index contributed by atoms with van der Waals surface area (Å²) in [6.45, 7) is 2.20. The molecule has 0 aromatic carbocycles. The molecule has 0 saturated heterocycles. The van der Waals surface area contributed by atoms with Crippen molar-refractivity contribution in [2.24, 2.45) is 0 Å². The Labute approximate surface area is 104 Å². The zero-order chi connectivity index (χ0) is 10.1. The summed E-state index contributed by atoms with van der Waals surface area (Å²) in [7, 11) is 0. The molecule has 3 heteroatoms. The van der Waals surface area contributed by atoms with Gasteiger partial charge in [0.15, 0.2) is 0 Å². The first-order valence-corrected chi connectivity index (χ1v) is 7.68. The highest BCUT2D eigenvalue weighted by atomic mass is 127. The molecule has 0 amide bonds. The predicted octanol–water partition coefficient (Wildman–Crippen LogP) is 3.83. The molecule has 0 fully saturated rings. The smallest absolute Gasteiger partial charge is 0.0213 e. The molecule has 0 unspecified atom stereocenters. The minimum atomic E-state index is 1.04. The fourth-order valence-electron chi connectivity index (χ4n) is 1.32. The molecule has 0 aliphatic heterocycles. The SMILES string of the molecule is ICCCCCCNCc1ccsc1. The number of nitrogens with one attached hydrogen (secondary N) is 1. The standard InChI is InChI=1S/C11H18INS/c12-6-3-1-2-4-7-13-9-11-5-8-14-10-11/h5,8,10,13H,1-4,6-7,9H2. The quantitative estimate of drug-likeness (QED) is 0.435. The van der Waals surface area contributed by atoms with Crippen molar-refractivity contribution in [2.45, 2.75) is 32.2 Å². The number of unbranched alkanes of at least 4 members (excludes halogenated alkanes) is 3. The number of halogens is 1. The molecule has 0 bridgehead atoms. The average Bonchev–Trinajstić information content (AvgIpc) is 2.69. The lowest BCUT2D eigenvalue weighted by Crippen LogP contribution is -2.13. The highest BCUT2D eigenvalue weighted by Crippen LogP contribution is 2.05. The van der Waals surface area contributed by atoms with Gasteiger partial charge in [-0.15, -0.1) is 0 Å². The van der Waals surface area contributed by atoms with Crippen molar-refractivity contribution in [3.05, 3.63) is 22.4 Å². The lowest BCUT2D eigenvalue weighted by Gasteiger charge is -2.02. The van der Waals surface area contributed by atoms with Gasteiger partial charge in [0.05, 0.1) is 0 Å². The van der Waals surface area contributed by atoms with E-state index in [2.05, 4.69) is 44.7 Å². The van der Waals surface area contributed by atoms with E-state index < -0.39 is 0 Å². The zero-order valence-electron chi connectivity index (χ0n) is 8.47. The zero-order valence-corrected chi connectivity index (χ0v) is 11.4. The van der Waals surface area contributed by atoms with Crippen LogP contribution in [-0.4, -0.2) is 11.0 Å². The minimum Gasteiger partial charge on any atom is -0.313 e. The fourth-order valence-corrected chi connectivity index (χ4v) is 2.53.